The van der Waals surface area contributed by atoms with E-state index in [1.165, 1.54) is 12.3 Å². The van der Waals surface area contributed by atoms with Gasteiger partial charge in [-0.1, -0.05) is 0 Å². The van der Waals surface area contributed by atoms with Gasteiger partial charge >= 0.3 is 0 Å². The molecule has 24 heavy (non-hydrogen) atoms. The predicted octanol–water partition coefficient (Wildman–Crippen LogP) is 3.35. The third-order valence-electron chi connectivity index (χ3n) is 4.29. The first-order valence-corrected chi connectivity index (χ1v) is 7.73. The molecule has 1 saturated heterocycles. The summed E-state index contributed by atoms with van der Waals surface area (Å²) >= 11 is 0. The number of hydrogen-bond donors (Lipinski definition) is 0. The highest BCUT2D eigenvalue weighted by Gasteiger charge is 2.30. The Morgan fingerprint density at radius 2 is 2.08 bits per heavy atom. The lowest BCUT2D eigenvalue weighted by molar-refractivity contribution is -0.385. The molecule has 2 heterocycles. The van der Waals surface area contributed by atoms with Gasteiger partial charge in [0.2, 0.25) is 0 Å². The summed E-state index contributed by atoms with van der Waals surface area (Å²) in [5.41, 5.74) is 1.03. The molecule has 0 saturated carbocycles. The number of aromatic nitrogens is 1. The fourth-order valence-corrected chi connectivity index (χ4v) is 3.12. The van der Waals surface area contributed by atoms with Gasteiger partial charge in [-0.05, 0) is 37.1 Å². The summed E-state index contributed by atoms with van der Waals surface area (Å²) in [6.45, 7) is 0.843. The molecular weight excluding hydrogens is 310 g/mol. The highest BCUT2D eigenvalue weighted by Crippen LogP contribution is 2.40. The molecule has 126 valence electrons. The molecule has 2 aromatic rings. The van der Waals surface area contributed by atoms with Crippen LogP contribution >= 0.6 is 0 Å². The molecule has 3 rings (SSSR count). The second-order valence-electron chi connectivity index (χ2n) is 5.59. The molecule has 1 aromatic carbocycles. The summed E-state index contributed by atoms with van der Waals surface area (Å²) in [7, 11) is 3.28. The zero-order chi connectivity index (χ0) is 17.1. The first-order chi connectivity index (χ1) is 11.6. The lowest BCUT2D eigenvalue weighted by Crippen LogP contribution is -2.24. The number of ether oxygens (including phenoxy) is 2. The minimum absolute atomic E-state index is 0.00606. The van der Waals surface area contributed by atoms with Crippen molar-refractivity contribution in [2.45, 2.75) is 18.9 Å². The van der Waals surface area contributed by atoms with Crippen molar-refractivity contribution in [3.8, 4) is 11.5 Å². The molecule has 7 nitrogen and oxygen atoms in total. The largest absolute Gasteiger partial charge is 0.497 e. The Bertz CT molecular complexity index is 733. The third kappa shape index (κ3) is 2.97. The average molecular weight is 329 g/mol. The van der Waals surface area contributed by atoms with Crippen molar-refractivity contribution in [3.63, 3.8) is 0 Å². The number of anilines is 1. The van der Waals surface area contributed by atoms with Crippen LogP contribution < -0.4 is 14.4 Å². The van der Waals surface area contributed by atoms with Gasteiger partial charge in [0.05, 0.1) is 25.2 Å². The monoisotopic (exact) mass is 329 g/mol. The van der Waals surface area contributed by atoms with E-state index < -0.39 is 4.92 Å². The van der Waals surface area contributed by atoms with Gasteiger partial charge < -0.3 is 14.4 Å². The van der Waals surface area contributed by atoms with Crippen LogP contribution in [0.1, 0.15) is 24.4 Å². The quantitative estimate of drug-likeness (QED) is 0.618. The summed E-state index contributed by atoms with van der Waals surface area (Å²) < 4.78 is 10.8. The van der Waals surface area contributed by atoms with Crippen molar-refractivity contribution in [2.75, 3.05) is 25.7 Å². The summed E-state index contributed by atoms with van der Waals surface area (Å²) in [4.78, 5) is 16.8. The third-order valence-corrected chi connectivity index (χ3v) is 4.29. The van der Waals surface area contributed by atoms with Crippen LogP contribution in [0.25, 0.3) is 0 Å². The van der Waals surface area contributed by atoms with E-state index >= 15 is 0 Å². The number of rotatable bonds is 5. The second-order valence-corrected chi connectivity index (χ2v) is 5.59. The minimum atomic E-state index is -0.441. The van der Waals surface area contributed by atoms with Gasteiger partial charge in [0, 0.05) is 18.2 Å². The highest BCUT2D eigenvalue weighted by atomic mass is 16.6. The standard InChI is InChI=1S/C17H19N3O4/c1-23-13-6-7-16(24-2)14(10-13)15-4-3-9-19(15)17-8-5-12(11-18-17)20(21)22/h5-8,10-11,15H,3-4,9H2,1-2H3/t15-/m0/s1. The van der Waals surface area contributed by atoms with E-state index in [0.29, 0.717) is 0 Å². The molecule has 1 fully saturated rings. The molecule has 1 aliphatic heterocycles. The van der Waals surface area contributed by atoms with Crippen LogP contribution in [-0.4, -0.2) is 30.7 Å². The van der Waals surface area contributed by atoms with Crippen LogP contribution in [0.4, 0.5) is 11.5 Å². The van der Waals surface area contributed by atoms with Gasteiger partial charge in [-0.2, -0.15) is 0 Å². The second kappa shape index (κ2) is 6.74. The average Bonchev–Trinajstić information content (AvgIpc) is 3.10. The molecule has 0 bridgehead atoms. The van der Waals surface area contributed by atoms with Gasteiger partial charge in [0.1, 0.15) is 23.5 Å². The van der Waals surface area contributed by atoms with E-state index in [0.717, 1.165) is 42.3 Å². The van der Waals surface area contributed by atoms with Crippen molar-refractivity contribution in [1.82, 2.24) is 4.98 Å². The fraction of sp³-hybridized carbons (Fsp3) is 0.353. The van der Waals surface area contributed by atoms with E-state index in [1.54, 1.807) is 20.3 Å². The number of benzene rings is 1. The number of pyridine rings is 1. The van der Waals surface area contributed by atoms with Crippen LogP contribution in [0.3, 0.4) is 0 Å². The first-order valence-electron chi connectivity index (χ1n) is 7.73. The summed E-state index contributed by atoms with van der Waals surface area (Å²) in [5.74, 6) is 2.30. The van der Waals surface area contributed by atoms with Gasteiger partial charge in [-0.3, -0.25) is 10.1 Å². The Morgan fingerprint density at radius 1 is 1.25 bits per heavy atom. The predicted molar refractivity (Wildman–Crippen MR) is 89.8 cm³/mol. The van der Waals surface area contributed by atoms with Crippen LogP contribution in [0, 0.1) is 10.1 Å². The Hall–Kier alpha value is -2.83. The summed E-state index contributed by atoms with van der Waals surface area (Å²) in [5, 5.41) is 10.8. The van der Waals surface area contributed by atoms with Crippen molar-refractivity contribution in [1.29, 1.82) is 0 Å². The fourth-order valence-electron chi connectivity index (χ4n) is 3.12. The van der Waals surface area contributed by atoms with Crippen LogP contribution in [0.15, 0.2) is 36.5 Å². The van der Waals surface area contributed by atoms with E-state index in [4.69, 9.17) is 9.47 Å². The van der Waals surface area contributed by atoms with Crippen molar-refractivity contribution in [3.05, 3.63) is 52.2 Å². The zero-order valence-electron chi connectivity index (χ0n) is 13.6. The molecule has 0 amide bonds. The molecule has 0 radical (unpaired) electrons. The van der Waals surface area contributed by atoms with Gasteiger partial charge in [-0.25, -0.2) is 4.98 Å². The number of nitro groups is 1. The first kappa shape index (κ1) is 16.0. The smallest absolute Gasteiger partial charge is 0.287 e. The molecular formula is C17H19N3O4. The topological polar surface area (TPSA) is 77.7 Å². The van der Waals surface area contributed by atoms with Crippen molar-refractivity contribution in [2.24, 2.45) is 0 Å². The Morgan fingerprint density at radius 3 is 2.71 bits per heavy atom. The summed E-state index contributed by atoms with van der Waals surface area (Å²) in [6, 6.07) is 9.03. The molecule has 1 aromatic heterocycles. The molecule has 7 heteroatoms. The molecule has 0 aliphatic carbocycles. The zero-order valence-corrected chi connectivity index (χ0v) is 13.6. The Labute approximate surface area is 140 Å². The van der Waals surface area contributed by atoms with E-state index in [1.807, 2.05) is 18.2 Å². The van der Waals surface area contributed by atoms with Gasteiger partial charge in [0.15, 0.2) is 0 Å². The SMILES string of the molecule is COc1ccc(OC)c([C@@H]2CCCN2c2ccc([N+](=O)[O-])cn2)c1. The minimum Gasteiger partial charge on any atom is -0.497 e. The highest BCUT2D eigenvalue weighted by molar-refractivity contribution is 5.51. The van der Waals surface area contributed by atoms with E-state index in [-0.39, 0.29) is 11.7 Å². The lowest BCUT2D eigenvalue weighted by atomic mass is 10.0. The maximum Gasteiger partial charge on any atom is 0.287 e. The number of hydrogen-bond acceptors (Lipinski definition) is 6. The van der Waals surface area contributed by atoms with Crippen LogP contribution in [0.5, 0.6) is 11.5 Å². The maximum absolute atomic E-state index is 10.8. The van der Waals surface area contributed by atoms with E-state index in [9.17, 15) is 10.1 Å². The molecule has 1 aliphatic rings. The summed E-state index contributed by atoms with van der Waals surface area (Å²) in [6.07, 6.45) is 3.28. The Kier molecular flexibility index (Phi) is 4.50. The number of nitrogens with zero attached hydrogens (tertiary/aromatic N) is 3. The Balaban J connectivity index is 1.94. The van der Waals surface area contributed by atoms with Crippen molar-refractivity contribution < 1.29 is 14.4 Å². The van der Waals surface area contributed by atoms with Crippen molar-refractivity contribution >= 4 is 11.5 Å². The maximum atomic E-state index is 10.8. The van der Waals surface area contributed by atoms with Crippen LogP contribution in [-0.2, 0) is 0 Å². The molecule has 1 atom stereocenters. The molecule has 0 N–H and O–H groups in total. The molecule has 0 spiro atoms. The normalized spacial score (nSPS) is 16.9. The van der Waals surface area contributed by atoms with Gasteiger partial charge in [0.25, 0.3) is 5.69 Å². The lowest BCUT2D eigenvalue weighted by Gasteiger charge is -2.27. The van der Waals surface area contributed by atoms with Gasteiger partial charge in [-0.15, -0.1) is 0 Å². The molecule has 0 unspecified atom stereocenters. The van der Waals surface area contributed by atoms with Crippen LogP contribution in [0.2, 0.25) is 0 Å². The number of methoxy groups -OCH3 is 2. The van der Waals surface area contributed by atoms with E-state index in [2.05, 4.69) is 9.88 Å².